The van der Waals surface area contributed by atoms with E-state index in [4.69, 9.17) is 5.11 Å². The van der Waals surface area contributed by atoms with E-state index in [1.165, 1.54) is 12.0 Å². The predicted octanol–water partition coefficient (Wildman–Crippen LogP) is 0.795. The SMILES string of the molecule is COC(=O)N1CC(C)CC(C(=O)O)C1. The molecule has 5 nitrogen and oxygen atoms in total. The summed E-state index contributed by atoms with van der Waals surface area (Å²) in [6.45, 7) is 2.77. The number of carboxylic acids is 1. The Labute approximate surface area is 82.6 Å². The standard InChI is InChI=1S/C9H15NO4/c1-6-3-7(8(11)12)5-10(4-6)9(13)14-2/h6-7H,3-5H2,1-2H3,(H,11,12). The second-order valence-electron chi connectivity index (χ2n) is 3.75. The number of carboxylic acid groups (broad SMARTS) is 1. The van der Waals surface area contributed by atoms with Gasteiger partial charge in [0, 0.05) is 13.1 Å². The van der Waals surface area contributed by atoms with Crippen LogP contribution < -0.4 is 0 Å². The molecule has 0 aromatic heterocycles. The highest BCUT2D eigenvalue weighted by Crippen LogP contribution is 2.21. The van der Waals surface area contributed by atoms with Gasteiger partial charge in [0.1, 0.15) is 0 Å². The number of amides is 1. The van der Waals surface area contributed by atoms with Crippen LogP contribution in [0.2, 0.25) is 0 Å². The number of ether oxygens (including phenoxy) is 1. The van der Waals surface area contributed by atoms with Crippen LogP contribution in [0.1, 0.15) is 13.3 Å². The summed E-state index contributed by atoms with van der Waals surface area (Å²) in [5.74, 6) is -1.09. The molecule has 1 amide bonds. The zero-order valence-corrected chi connectivity index (χ0v) is 8.40. The predicted molar refractivity (Wildman–Crippen MR) is 48.9 cm³/mol. The van der Waals surface area contributed by atoms with Crippen LogP contribution in [0.3, 0.4) is 0 Å². The number of aliphatic carboxylic acids is 1. The van der Waals surface area contributed by atoms with Crippen LogP contribution in [-0.2, 0) is 9.53 Å². The van der Waals surface area contributed by atoms with Crippen LogP contribution in [0.25, 0.3) is 0 Å². The van der Waals surface area contributed by atoms with E-state index in [0.717, 1.165) is 0 Å². The van der Waals surface area contributed by atoms with Crippen molar-refractivity contribution in [1.29, 1.82) is 0 Å². The zero-order valence-electron chi connectivity index (χ0n) is 8.40. The van der Waals surface area contributed by atoms with Crippen molar-refractivity contribution in [3.8, 4) is 0 Å². The van der Waals surface area contributed by atoms with E-state index in [9.17, 15) is 9.59 Å². The van der Waals surface area contributed by atoms with Gasteiger partial charge in [0.05, 0.1) is 13.0 Å². The van der Waals surface area contributed by atoms with E-state index in [1.807, 2.05) is 6.92 Å². The van der Waals surface area contributed by atoms with Gasteiger partial charge in [-0.05, 0) is 12.3 Å². The van der Waals surface area contributed by atoms with Gasteiger partial charge in [0.15, 0.2) is 0 Å². The van der Waals surface area contributed by atoms with Gasteiger partial charge in [-0.1, -0.05) is 6.92 Å². The summed E-state index contributed by atoms with van der Waals surface area (Å²) < 4.78 is 4.56. The van der Waals surface area contributed by atoms with Gasteiger partial charge in [-0.2, -0.15) is 0 Å². The molecule has 0 bridgehead atoms. The summed E-state index contributed by atoms with van der Waals surface area (Å²) in [5.41, 5.74) is 0. The Hall–Kier alpha value is -1.26. The van der Waals surface area contributed by atoms with Gasteiger partial charge in [0.2, 0.25) is 0 Å². The largest absolute Gasteiger partial charge is 0.481 e. The minimum atomic E-state index is -0.842. The molecule has 0 radical (unpaired) electrons. The van der Waals surface area contributed by atoms with Gasteiger partial charge < -0.3 is 14.7 Å². The van der Waals surface area contributed by atoms with E-state index < -0.39 is 18.0 Å². The van der Waals surface area contributed by atoms with Gasteiger partial charge in [-0.15, -0.1) is 0 Å². The third-order valence-electron chi connectivity index (χ3n) is 2.44. The van der Waals surface area contributed by atoms with Crippen molar-refractivity contribution in [1.82, 2.24) is 4.90 Å². The molecule has 1 fully saturated rings. The minimum absolute atomic E-state index is 0.212. The minimum Gasteiger partial charge on any atom is -0.481 e. The number of hydrogen-bond donors (Lipinski definition) is 1. The fraction of sp³-hybridized carbons (Fsp3) is 0.778. The number of piperidine rings is 1. The Morgan fingerprint density at radius 1 is 1.43 bits per heavy atom. The van der Waals surface area contributed by atoms with E-state index in [2.05, 4.69) is 4.74 Å². The second-order valence-corrected chi connectivity index (χ2v) is 3.75. The van der Waals surface area contributed by atoms with E-state index in [-0.39, 0.29) is 12.5 Å². The fourth-order valence-electron chi connectivity index (χ4n) is 1.81. The first-order valence-corrected chi connectivity index (χ1v) is 4.60. The monoisotopic (exact) mass is 201 g/mol. The van der Waals surface area contributed by atoms with Crippen LogP contribution in [0.4, 0.5) is 4.79 Å². The first-order valence-electron chi connectivity index (χ1n) is 4.60. The van der Waals surface area contributed by atoms with Crippen molar-refractivity contribution in [2.75, 3.05) is 20.2 Å². The number of nitrogens with zero attached hydrogens (tertiary/aromatic N) is 1. The first kappa shape index (κ1) is 10.8. The average molecular weight is 201 g/mol. The summed E-state index contributed by atoms with van der Waals surface area (Å²) in [7, 11) is 1.30. The van der Waals surface area contributed by atoms with Crippen molar-refractivity contribution in [2.45, 2.75) is 13.3 Å². The third kappa shape index (κ3) is 2.37. The lowest BCUT2D eigenvalue weighted by Gasteiger charge is -2.33. The van der Waals surface area contributed by atoms with Crippen LogP contribution in [-0.4, -0.2) is 42.3 Å². The molecule has 0 saturated carbocycles. The number of rotatable bonds is 1. The summed E-state index contributed by atoms with van der Waals surface area (Å²) >= 11 is 0. The molecule has 5 heteroatoms. The highest BCUT2D eigenvalue weighted by atomic mass is 16.5. The van der Waals surface area contributed by atoms with E-state index in [0.29, 0.717) is 13.0 Å². The van der Waals surface area contributed by atoms with Gasteiger partial charge >= 0.3 is 12.1 Å². The first-order chi connectivity index (χ1) is 6.54. The molecular formula is C9H15NO4. The third-order valence-corrected chi connectivity index (χ3v) is 2.44. The Morgan fingerprint density at radius 2 is 2.07 bits per heavy atom. The normalized spacial score (nSPS) is 27.1. The van der Waals surface area contributed by atoms with Gasteiger partial charge in [0.25, 0.3) is 0 Å². The maximum Gasteiger partial charge on any atom is 0.409 e. The van der Waals surface area contributed by atoms with Crippen molar-refractivity contribution in [3.05, 3.63) is 0 Å². The number of carbonyl (C=O) groups excluding carboxylic acids is 1. The molecule has 1 aliphatic heterocycles. The highest BCUT2D eigenvalue weighted by molar-refractivity contribution is 5.73. The summed E-state index contributed by atoms with van der Waals surface area (Å²) in [6, 6.07) is 0. The molecule has 0 aromatic carbocycles. The molecule has 14 heavy (non-hydrogen) atoms. The quantitative estimate of drug-likeness (QED) is 0.681. The zero-order chi connectivity index (χ0) is 10.7. The molecule has 1 aliphatic rings. The summed E-state index contributed by atoms with van der Waals surface area (Å²) in [4.78, 5) is 23.4. The van der Waals surface area contributed by atoms with Crippen LogP contribution in [0.15, 0.2) is 0 Å². The summed E-state index contributed by atoms with van der Waals surface area (Å²) in [5, 5.41) is 8.85. The van der Waals surface area contributed by atoms with Crippen LogP contribution >= 0.6 is 0 Å². The molecule has 1 rings (SSSR count). The lowest BCUT2D eigenvalue weighted by Crippen LogP contribution is -2.45. The Balaban J connectivity index is 2.62. The Bertz CT molecular complexity index is 241. The second kappa shape index (κ2) is 4.30. The van der Waals surface area contributed by atoms with Gasteiger partial charge in [-0.3, -0.25) is 4.79 Å². The smallest absolute Gasteiger partial charge is 0.409 e. The molecule has 0 spiro atoms. The lowest BCUT2D eigenvalue weighted by molar-refractivity contribution is -0.143. The number of methoxy groups -OCH3 is 1. The van der Waals surface area contributed by atoms with Crippen LogP contribution in [0.5, 0.6) is 0 Å². The molecule has 1 N–H and O–H groups in total. The molecule has 1 saturated heterocycles. The summed E-state index contributed by atoms with van der Waals surface area (Å²) in [6.07, 6.45) is 0.186. The van der Waals surface area contributed by atoms with Crippen LogP contribution in [0, 0.1) is 11.8 Å². The Morgan fingerprint density at radius 3 is 2.57 bits per heavy atom. The van der Waals surface area contributed by atoms with E-state index in [1.54, 1.807) is 0 Å². The molecule has 1 heterocycles. The molecule has 2 atom stereocenters. The fourth-order valence-corrected chi connectivity index (χ4v) is 1.81. The highest BCUT2D eigenvalue weighted by Gasteiger charge is 2.32. The van der Waals surface area contributed by atoms with Crippen molar-refractivity contribution in [3.63, 3.8) is 0 Å². The Kier molecular flexibility index (Phi) is 3.33. The maximum atomic E-state index is 11.2. The number of likely N-dealkylation sites (tertiary alicyclic amines) is 1. The number of carbonyl (C=O) groups is 2. The van der Waals surface area contributed by atoms with Crippen molar-refractivity contribution < 1.29 is 19.4 Å². The molecule has 0 aliphatic carbocycles. The molecular weight excluding hydrogens is 186 g/mol. The van der Waals surface area contributed by atoms with E-state index >= 15 is 0 Å². The van der Waals surface area contributed by atoms with Crippen molar-refractivity contribution in [2.24, 2.45) is 11.8 Å². The lowest BCUT2D eigenvalue weighted by atomic mass is 9.91. The molecule has 0 aromatic rings. The number of hydrogen-bond acceptors (Lipinski definition) is 3. The maximum absolute atomic E-state index is 11.2. The average Bonchev–Trinajstić information content (AvgIpc) is 2.15. The molecule has 2 unspecified atom stereocenters. The topological polar surface area (TPSA) is 66.8 Å². The van der Waals surface area contributed by atoms with Gasteiger partial charge in [-0.25, -0.2) is 4.79 Å². The van der Waals surface area contributed by atoms with Crippen molar-refractivity contribution >= 4 is 12.1 Å². The molecule has 80 valence electrons.